The van der Waals surface area contributed by atoms with E-state index < -0.39 is 4.92 Å². The molecule has 0 unspecified atom stereocenters. The van der Waals surface area contributed by atoms with Crippen LogP contribution in [0.5, 0.6) is 0 Å². The number of likely N-dealkylation sites (N-methyl/N-ethyl adjacent to an activating group) is 2. The van der Waals surface area contributed by atoms with Gasteiger partial charge >= 0.3 is 5.82 Å². The summed E-state index contributed by atoms with van der Waals surface area (Å²) in [6.07, 6.45) is 1.56. The number of nitrogens with zero attached hydrogens (tertiary/aromatic N) is 3. The monoisotopic (exact) mass is 225 g/mol. The maximum Gasteiger partial charge on any atom is 0.363 e. The van der Waals surface area contributed by atoms with Crippen LogP contribution in [0.25, 0.3) is 0 Å². The number of hydrogen-bond acceptors (Lipinski definition) is 4. The van der Waals surface area contributed by atoms with Gasteiger partial charge in [0.2, 0.25) is 6.20 Å². The van der Waals surface area contributed by atoms with Crippen molar-refractivity contribution in [2.75, 3.05) is 34.2 Å². The Morgan fingerprint density at radius 1 is 1.50 bits per heavy atom. The van der Waals surface area contributed by atoms with Crippen LogP contribution in [0.1, 0.15) is 0 Å². The van der Waals surface area contributed by atoms with Gasteiger partial charge < -0.3 is 15.4 Å². The van der Waals surface area contributed by atoms with Crippen molar-refractivity contribution in [3.63, 3.8) is 0 Å². The number of hydrogen-bond donors (Lipinski definition) is 1. The smallest absolute Gasteiger partial charge is 0.358 e. The van der Waals surface area contributed by atoms with Gasteiger partial charge in [-0.3, -0.25) is 4.48 Å². The van der Waals surface area contributed by atoms with E-state index in [-0.39, 0.29) is 5.82 Å². The molecule has 1 aromatic heterocycles. The molecule has 88 valence electrons. The molecule has 0 aliphatic heterocycles. The first kappa shape index (κ1) is 12.5. The molecule has 1 heterocycles. The van der Waals surface area contributed by atoms with E-state index in [4.69, 9.17) is 0 Å². The van der Waals surface area contributed by atoms with Gasteiger partial charge in [0.1, 0.15) is 0 Å². The summed E-state index contributed by atoms with van der Waals surface area (Å²) in [5.74, 6) is -0.114. The largest absolute Gasteiger partial charge is 0.363 e. The summed E-state index contributed by atoms with van der Waals surface area (Å²) in [5.41, 5.74) is 0.959. The van der Waals surface area contributed by atoms with Gasteiger partial charge in [0.05, 0.1) is 20.6 Å². The first-order valence-electron chi connectivity index (χ1n) is 5.06. The molecule has 0 amide bonds. The van der Waals surface area contributed by atoms with E-state index in [1.807, 2.05) is 21.1 Å². The van der Waals surface area contributed by atoms with Crippen molar-refractivity contribution in [1.29, 1.82) is 0 Å². The quantitative estimate of drug-likeness (QED) is 0.456. The lowest BCUT2D eigenvalue weighted by molar-refractivity contribution is -0.389. The molecule has 6 nitrogen and oxygen atoms in total. The van der Waals surface area contributed by atoms with Gasteiger partial charge in [-0.25, -0.2) is 0 Å². The van der Waals surface area contributed by atoms with Gasteiger partial charge in [0.15, 0.2) is 5.69 Å². The number of aromatic nitrogens is 1. The van der Waals surface area contributed by atoms with Gasteiger partial charge in [-0.2, -0.15) is 0 Å². The minimum absolute atomic E-state index is 0.114. The Kier molecular flexibility index (Phi) is 3.92. The Hall–Kier alpha value is -1.53. The van der Waals surface area contributed by atoms with E-state index in [1.165, 1.54) is 6.07 Å². The summed E-state index contributed by atoms with van der Waals surface area (Å²) in [6.45, 7) is 1.78. The van der Waals surface area contributed by atoms with E-state index in [0.717, 1.165) is 18.8 Å². The van der Waals surface area contributed by atoms with Crippen LogP contribution in [-0.4, -0.2) is 44.1 Å². The molecule has 1 rings (SSSR count). The predicted molar refractivity (Wildman–Crippen MR) is 63.3 cm³/mol. The standard InChI is InChI=1S/C10H17N4O2/c1-11-6-7-14(2,3)9-4-5-10(12-8-9)13(15)16/h4-5,8,11H,6-7H2,1-3H3/q+1. The fourth-order valence-electron chi connectivity index (χ4n) is 1.36. The van der Waals surface area contributed by atoms with Crippen LogP contribution in [-0.2, 0) is 0 Å². The fraction of sp³-hybridized carbons (Fsp3) is 0.500. The zero-order valence-corrected chi connectivity index (χ0v) is 9.80. The van der Waals surface area contributed by atoms with Gasteiger partial charge in [0, 0.05) is 18.7 Å². The summed E-state index contributed by atoms with van der Waals surface area (Å²) in [5, 5.41) is 13.5. The molecule has 0 saturated carbocycles. The molecule has 0 bridgehead atoms. The molecule has 16 heavy (non-hydrogen) atoms. The third kappa shape index (κ3) is 2.98. The minimum Gasteiger partial charge on any atom is -0.358 e. The molecule has 0 aliphatic rings. The van der Waals surface area contributed by atoms with E-state index in [2.05, 4.69) is 10.3 Å². The lowest BCUT2D eigenvalue weighted by Crippen LogP contribution is -2.44. The van der Waals surface area contributed by atoms with Crippen LogP contribution in [0.2, 0.25) is 0 Å². The maximum absolute atomic E-state index is 10.5. The number of nitro groups is 1. The Morgan fingerprint density at radius 3 is 2.62 bits per heavy atom. The van der Waals surface area contributed by atoms with Crippen LogP contribution in [0.4, 0.5) is 11.5 Å². The Balaban J connectivity index is 2.83. The number of nitrogens with one attached hydrogen (secondary N) is 1. The molecule has 1 N–H and O–H groups in total. The highest BCUT2D eigenvalue weighted by atomic mass is 16.6. The van der Waals surface area contributed by atoms with Crippen molar-refractivity contribution >= 4 is 11.5 Å². The molecule has 0 atom stereocenters. The van der Waals surface area contributed by atoms with Gasteiger partial charge in [-0.15, -0.1) is 0 Å². The zero-order valence-electron chi connectivity index (χ0n) is 9.80. The molecule has 0 aromatic carbocycles. The van der Waals surface area contributed by atoms with Crippen molar-refractivity contribution in [3.8, 4) is 0 Å². The predicted octanol–water partition coefficient (Wildman–Crippen LogP) is 0.776. The number of pyridine rings is 1. The van der Waals surface area contributed by atoms with E-state index in [9.17, 15) is 10.1 Å². The summed E-state index contributed by atoms with van der Waals surface area (Å²) >= 11 is 0. The van der Waals surface area contributed by atoms with E-state index in [1.54, 1.807) is 12.3 Å². The van der Waals surface area contributed by atoms with Crippen LogP contribution < -0.4 is 9.80 Å². The van der Waals surface area contributed by atoms with E-state index in [0.29, 0.717) is 4.48 Å². The molecule has 0 radical (unpaired) electrons. The lowest BCUT2D eigenvalue weighted by Gasteiger charge is -2.27. The summed E-state index contributed by atoms with van der Waals surface area (Å²) < 4.78 is 0.645. The highest BCUT2D eigenvalue weighted by Crippen LogP contribution is 2.19. The molecular formula is C10H17N4O2+. The number of quaternary nitrogens is 1. The second-order valence-corrected chi connectivity index (χ2v) is 4.14. The van der Waals surface area contributed by atoms with Crippen LogP contribution in [0.3, 0.4) is 0 Å². The Labute approximate surface area is 94.6 Å². The highest BCUT2D eigenvalue weighted by Gasteiger charge is 2.21. The SMILES string of the molecule is CNCC[N+](C)(C)c1ccc([N+](=O)[O-])nc1. The summed E-state index contributed by atoms with van der Waals surface area (Å²) in [6, 6.07) is 3.19. The molecule has 0 saturated heterocycles. The van der Waals surface area contributed by atoms with Crippen LogP contribution in [0.15, 0.2) is 18.3 Å². The number of rotatable bonds is 5. The van der Waals surface area contributed by atoms with Crippen molar-refractivity contribution < 1.29 is 4.92 Å². The van der Waals surface area contributed by atoms with E-state index >= 15 is 0 Å². The highest BCUT2D eigenvalue weighted by molar-refractivity contribution is 5.42. The first-order valence-corrected chi connectivity index (χ1v) is 5.06. The molecule has 0 aliphatic carbocycles. The Bertz CT molecular complexity index is 362. The van der Waals surface area contributed by atoms with Gasteiger partial charge in [-0.05, 0) is 17.0 Å². The second kappa shape index (κ2) is 5.00. The van der Waals surface area contributed by atoms with Crippen LogP contribution in [0, 0.1) is 10.1 Å². The topological polar surface area (TPSA) is 68.1 Å². The molecular weight excluding hydrogens is 208 g/mol. The minimum atomic E-state index is -0.489. The van der Waals surface area contributed by atoms with Gasteiger partial charge in [-0.1, -0.05) is 0 Å². The average molecular weight is 225 g/mol. The lowest BCUT2D eigenvalue weighted by atomic mass is 10.3. The Morgan fingerprint density at radius 2 is 2.19 bits per heavy atom. The second-order valence-electron chi connectivity index (χ2n) is 4.14. The average Bonchev–Trinajstić information content (AvgIpc) is 2.26. The van der Waals surface area contributed by atoms with Crippen molar-refractivity contribution in [1.82, 2.24) is 14.8 Å². The first-order chi connectivity index (χ1) is 7.47. The third-order valence-electron chi connectivity index (χ3n) is 2.54. The van der Waals surface area contributed by atoms with Gasteiger partial charge in [0.25, 0.3) is 0 Å². The molecule has 0 spiro atoms. The summed E-state index contributed by atoms with van der Waals surface area (Å²) in [4.78, 5) is 13.8. The molecule has 6 heteroatoms. The zero-order chi connectivity index (χ0) is 12.2. The summed E-state index contributed by atoms with van der Waals surface area (Å²) in [7, 11) is 5.98. The molecule has 1 aromatic rings. The normalized spacial score (nSPS) is 11.4. The van der Waals surface area contributed by atoms with Crippen LogP contribution >= 0.6 is 0 Å². The van der Waals surface area contributed by atoms with Crippen molar-refractivity contribution in [3.05, 3.63) is 28.4 Å². The molecule has 0 fully saturated rings. The van der Waals surface area contributed by atoms with Crippen molar-refractivity contribution in [2.45, 2.75) is 0 Å². The fourth-order valence-corrected chi connectivity index (χ4v) is 1.36. The van der Waals surface area contributed by atoms with Crippen molar-refractivity contribution in [2.24, 2.45) is 0 Å². The third-order valence-corrected chi connectivity index (χ3v) is 2.54. The maximum atomic E-state index is 10.5.